The van der Waals surface area contributed by atoms with Crippen LogP contribution < -0.4 is 0 Å². The van der Waals surface area contributed by atoms with Crippen LogP contribution in [0.25, 0.3) is 0 Å². The minimum atomic E-state index is 0.562. The van der Waals surface area contributed by atoms with Crippen molar-refractivity contribution < 1.29 is 0 Å². The van der Waals surface area contributed by atoms with Crippen molar-refractivity contribution in [2.75, 3.05) is 0 Å². The highest BCUT2D eigenvalue weighted by Gasteiger charge is 2.39. The summed E-state index contributed by atoms with van der Waals surface area (Å²) in [6.45, 7) is 0.958. The van der Waals surface area contributed by atoms with Gasteiger partial charge in [-0.05, 0) is 37.3 Å². The molecule has 0 spiro atoms. The Bertz CT molecular complexity index is 321. The maximum Gasteiger partial charge on any atom is 0.207 e. The van der Waals surface area contributed by atoms with Gasteiger partial charge in [0.1, 0.15) is 5.01 Å². The van der Waals surface area contributed by atoms with Crippen LogP contribution in [-0.4, -0.2) is 27.2 Å². The molecule has 0 unspecified atom stereocenters. The van der Waals surface area contributed by atoms with Crippen molar-refractivity contribution in [1.29, 1.82) is 0 Å². The zero-order valence-corrected chi connectivity index (χ0v) is 9.39. The van der Waals surface area contributed by atoms with Crippen LogP contribution in [0.4, 0.5) is 0 Å². The molecule has 0 N–H and O–H groups in total. The van der Waals surface area contributed by atoms with E-state index < -0.39 is 0 Å². The fourth-order valence-electron chi connectivity index (χ4n) is 2.73. The average molecular weight is 230 g/mol. The van der Waals surface area contributed by atoms with Gasteiger partial charge in [0.25, 0.3) is 0 Å². The van der Waals surface area contributed by atoms with Gasteiger partial charge in [0.2, 0.25) is 4.47 Å². The lowest BCUT2D eigenvalue weighted by Gasteiger charge is -2.19. The van der Waals surface area contributed by atoms with E-state index in [0.29, 0.717) is 4.47 Å². The normalized spacial score (nSPS) is 31.5. The van der Waals surface area contributed by atoms with Gasteiger partial charge in [0.15, 0.2) is 0 Å². The number of hydrogen-bond acceptors (Lipinski definition) is 4. The molecule has 2 fully saturated rings. The molecule has 5 heteroatoms. The molecular formula is C9H12ClN3S. The van der Waals surface area contributed by atoms with Crippen LogP contribution in [0, 0.1) is 0 Å². The molecule has 3 nitrogen and oxygen atoms in total. The lowest BCUT2D eigenvalue weighted by Crippen LogP contribution is -2.27. The molecule has 1 aromatic rings. The number of halogens is 1. The molecule has 3 heterocycles. The molecule has 14 heavy (non-hydrogen) atoms. The highest BCUT2D eigenvalue weighted by Crippen LogP contribution is 2.38. The quantitative estimate of drug-likeness (QED) is 0.780. The molecule has 0 aliphatic carbocycles. The first-order chi connectivity index (χ1) is 6.83. The lowest BCUT2D eigenvalue weighted by atomic mass is 10.0. The van der Waals surface area contributed by atoms with Crippen LogP contribution in [0.3, 0.4) is 0 Å². The second kappa shape index (κ2) is 3.43. The number of rotatable bonds is 2. The summed E-state index contributed by atoms with van der Waals surface area (Å²) in [5.74, 6) is 0. The second-order valence-electron chi connectivity index (χ2n) is 4.08. The summed E-state index contributed by atoms with van der Waals surface area (Å²) in [5, 5.41) is 8.97. The summed E-state index contributed by atoms with van der Waals surface area (Å²) in [5.41, 5.74) is 0. The first kappa shape index (κ1) is 9.07. The van der Waals surface area contributed by atoms with Gasteiger partial charge in [0, 0.05) is 12.1 Å². The molecule has 0 radical (unpaired) electrons. The zero-order chi connectivity index (χ0) is 9.54. The standard InChI is InChI=1S/C9H12ClN3S/c10-9-12-11-8(14-9)5-13-6-1-2-7(13)4-3-6/h6-7H,1-5H2. The van der Waals surface area contributed by atoms with E-state index in [1.807, 2.05) is 0 Å². The number of aromatic nitrogens is 2. The third-order valence-electron chi connectivity index (χ3n) is 3.36. The highest BCUT2D eigenvalue weighted by atomic mass is 35.5. The van der Waals surface area contributed by atoms with Crippen molar-refractivity contribution in [3.05, 3.63) is 9.47 Å². The SMILES string of the molecule is Clc1nnc(CN2C3CCC2CC3)s1. The van der Waals surface area contributed by atoms with E-state index in [4.69, 9.17) is 11.6 Å². The van der Waals surface area contributed by atoms with E-state index in [-0.39, 0.29) is 0 Å². The van der Waals surface area contributed by atoms with Crippen LogP contribution in [0.5, 0.6) is 0 Å². The Balaban J connectivity index is 1.73. The van der Waals surface area contributed by atoms with E-state index in [2.05, 4.69) is 15.1 Å². The average Bonchev–Trinajstić information content (AvgIpc) is 2.85. The van der Waals surface area contributed by atoms with Crippen LogP contribution in [0.15, 0.2) is 0 Å². The third kappa shape index (κ3) is 1.45. The van der Waals surface area contributed by atoms with E-state index in [0.717, 1.165) is 23.6 Å². The van der Waals surface area contributed by atoms with Crippen LogP contribution in [-0.2, 0) is 6.54 Å². The Morgan fingerprint density at radius 2 is 1.86 bits per heavy atom. The summed E-state index contributed by atoms with van der Waals surface area (Å²) in [6, 6.07) is 1.62. The number of fused-ring (bicyclic) bond motifs is 2. The predicted molar refractivity (Wildman–Crippen MR) is 56.5 cm³/mol. The van der Waals surface area contributed by atoms with Crippen molar-refractivity contribution in [1.82, 2.24) is 15.1 Å². The molecular weight excluding hydrogens is 218 g/mol. The monoisotopic (exact) mass is 229 g/mol. The maximum absolute atomic E-state index is 5.76. The smallest absolute Gasteiger partial charge is 0.207 e. The van der Waals surface area contributed by atoms with Gasteiger partial charge in [-0.2, -0.15) is 0 Å². The molecule has 0 amide bonds. The van der Waals surface area contributed by atoms with Gasteiger partial charge in [0.05, 0.1) is 6.54 Å². The van der Waals surface area contributed by atoms with Gasteiger partial charge in [-0.25, -0.2) is 0 Å². The van der Waals surface area contributed by atoms with Crippen molar-refractivity contribution in [3.8, 4) is 0 Å². The molecule has 76 valence electrons. The number of nitrogens with zero attached hydrogens (tertiary/aromatic N) is 3. The first-order valence-corrected chi connectivity index (χ1v) is 6.26. The molecule has 0 atom stereocenters. The predicted octanol–water partition coefficient (Wildman–Crippen LogP) is 2.32. The van der Waals surface area contributed by atoms with E-state index >= 15 is 0 Å². The summed E-state index contributed by atoms with van der Waals surface area (Å²) < 4.78 is 0.562. The molecule has 1 aromatic heterocycles. The summed E-state index contributed by atoms with van der Waals surface area (Å²) in [7, 11) is 0. The zero-order valence-electron chi connectivity index (χ0n) is 7.82. The minimum Gasteiger partial charge on any atom is -0.291 e. The molecule has 3 rings (SSSR count). The highest BCUT2D eigenvalue weighted by molar-refractivity contribution is 7.15. The van der Waals surface area contributed by atoms with Gasteiger partial charge in [-0.3, -0.25) is 4.90 Å². The van der Waals surface area contributed by atoms with Crippen molar-refractivity contribution in [2.24, 2.45) is 0 Å². The fraction of sp³-hybridized carbons (Fsp3) is 0.778. The Labute approximate surface area is 92.1 Å². The second-order valence-corrected chi connectivity index (χ2v) is 5.73. The van der Waals surface area contributed by atoms with E-state index in [1.165, 1.54) is 37.0 Å². The van der Waals surface area contributed by atoms with Crippen LogP contribution in [0.2, 0.25) is 4.47 Å². The summed E-state index contributed by atoms with van der Waals surface area (Å²) >= 11 is 7.27. The summed E-state index contributed by atoms with van der Waals surface area (Å²) in [6.07, 6.45) is 5.49. The molecule has 2 saturated heterocycles. The fourth-order valence-corrected chi connectivity index (χ4v) is 3.61. The Hall–Kier alpha value is -0.190. The Kier molecular flexibility index (Phi) is 2.22. The van der Waals surface area contributed by atoms with E-state index in [9.17, 15) is 0 Å². The van der Waals surface area contributed by atoms with E-state index in [1.54, 1.807) is 0 Å². The topological polar surface area (TPSA) is 29.0 Å². The van der Waals surface area contributed by atoms with Crippen LogP contribution in [0.1, 0.15) is 30.7 Å². The van der Waals surface area contributed by atoms with Gasteiger partial charge < -0.3 is 0 Å². The molecule has 2 aliphatic heterocycles. The summed E-state index contributed by atoms with van der Waals surface area (Å²) in [4.78, 5) is 2.58. The molecule has 2 aliphatic rings. The maximum atomic E-state index is 5.76. The first-order valence-electron chi connectivity index (χ1n) is 5.06. The molecule has 0 aromatic carbocycles. The molecule has 2 bridgehead atoms. The largest absolute Gasteiger partial charge is 0.291 e. The van der Waals surface area contributed by atoms with Crippen LogP contribution >= 0.6 is 22.9 Å². The van der Waals surface area contributed by atoms with Gasteiger partial charge in [-0.15, -0.1) is 10.2 Å². The number of hydrogen-bond donors (Lipinski definition) is 0. The Morgan fingerprint density at radius 1 is 1.21 bits per heavy atom. The lowest BCUT2D eigenvalue weighted by molar-refractivity contribution is 0.243. The minimum absolute atomic E-state index is 0.562. The third-order valence-corrected chi connectivity index (χ3v) is 4.37. The Morgan fingerprint density at radius 3 is 2.36 bits per heavy atom. The van der Waals surface area contributed by atoms with Crippen molar-refractivity contribution in [2.45, 2.75) is 44.3 Å². The van der Waals surface area contributed by atoms with Gasteiger partial charge in [-0.1, -0.05) is 11.3 Å². The van der Waals surface area contributed by atoms with Gasteiger partial charge >= 0.3 is 0 Å². The molecule has 0 saturated carbocycles. The van der Waals surface area contributed by atoms with Crippen molar-refractivity contribution >= 4 is 22.9 Å². The van der Waals surface area contributed by atoms with Crippen molar-refractivity contribution in [3.63, 3.8) is 0 Å².